The molecule has 2 heterocycles. The number of carbonyl (C=O) groups is 2. The highest BCUT2D eigenvalue weighted by atomic mass is 35.5. The van der Waals surface area contributed by atoms with Crippen LogP contribution < -0.4 is 31.1 Å². The molecule has 0 aliphatic heterocycles. The molecule has 0 spiro atoms. The summed E-state index contributed by atoms with van der Waals surface area (Å²) < 4.78 is 173. The lowest BCUT2D eigenvalue weighted by Crippen LogP contribution is -2.27. The second-order valence-corrected chi connectivity index (χ2v) is 30.1. The number of aromatic hydroxyl groups is 1. The Labute approximate surface area is 546 Å². The number of fused-ring (bicyclic) bond motifs is 3. The van der Waals surface area contributed by atoms with Crippen molar-refractivity contribution in [3.05, 3.63) is 100 Å². The molecule has 10 N–H and O–H groups in total. The topological polar surface area (TPSA) is 477 Å². The standard InChI is InChI=1S/C54H55ClN12O19S7/c1-30-21-43(62-64-52-31(2)36(29-56)53-60-41-23-35(92(80,81)82)10-12-46(41)67(53)54(52)70)48(86-15-6-18-89(71,72)73)26-38(30)61-63-44-25-42(59-33(4)69)47(28-50(44)88-17-8-20-91(77,78)79)66(5)65-45-24-40(58-32(3)68)39(27-49(45)87-16-7-19-90(74,75)76)57-14-13-34-9-11-37(55)51(22-34)93(83,84)85/h9-12,21-28,57,65,70H,6-8,15-20H2,1-5H3,(H,58,68)(H,59,69)(H,71,72,73)(H,74,75,76)(H,77,78,79)(H,80,81,82)(H,83,84,85). The molecule has 0 atom stereocenters. The van der Waals surface area contributed by atoms with E-state index >= 15 is 0 Å². The van der Waals surface area contributed by atoms with Crippen molar-refractivity contribution >= 4 is 165 Å². The molecular weight excluding hydrogens is 1380 g/mol. The molecule has 5 aromatic carbocycles. The molecule has 0 saturated heterocycles. The van der Waals surface area contributed by atoms with E-state index in [0.717, 1.165) is 46.1 Å². The van der Waals surface area contributed by atoms with E-state index in [0.29, 0.717) is 15.4 Å². The highest BCUT2D eigenvalue weighted by Gasteiger charge is 2.25. The largest absolute Gasteiger partial charge is 0.493 e. The molecule has 0 unspecified atom stereocenters. The Balaban J connectivity index is 1.31. The van der Waals surface area contributed by atoms with E-state index < -0.39 is 95.3 Å². The Bertz CT molecular complexity index is 4920. The second kappa shape index (κ2) is 29.8. The molecular formula is C54H55ClN12O19S7. The summed E-state index contributed by atoms with van der Waals surface area (Å²) in [5.74, 6) is -0.824. The van der Waals surface area contributed by atoms with Gasteiger partial charge in [0.15, 0.2) is 11.3 Å². The van der Waals surface area contributed by atoms with Crippen molar-refractivity contribution in [3.8, 4) is 29.7 Å². The Kier molecular flexibility index (Phi) is 23.1. The van der Waals surface area contributed by atoms with Crippen molar-refractivity contribution in [1.82, 2.24) is 9.38 Å². The van der Waals surface area contributed by atoms with Crippen LogP contribution in [0.1, 0.15) is 55.4 Å². The summed E-state index contributed by atoms with van der Waals surface area (Å²) in [4.78, 5) is 29.6. The van der Waals surface area contributed by atoms with Crippen LogP contribution in [0, 0.1) is 37.1 Å². The maximum Gasteiger partial charge on any atom is 0.296 e. The zero-order chi connectivity index (χ0) is 68.5. The number of thioether (sulfide) groups is 2. The third-order valence-corrected chi connectivity index (χ3v) is 19.6. The third-order valence-electron chi connectivity index (χ3n) is 12.7. The van der Waals surface area contributed by atoms with Crippen molar-refractivity contribution in [3.63, 3.8) is 0 Å². The van der Waals surface area contributed by atoms with Crippen LogP contribution in [-0.4, -0.2) is 134 Å². The number of imidazole rings is 1. The molecule has 0 aliphatic carbocycles. The minimum atomic E-state index is -4.73. The molecule has 7 rings (SSSR count). The highest BCUT2D eigenvalue weighted by Crippen LogP contribution is 2.45. The molecule has 0 bridgehead atoms. The molecule has 494 valence electrons. The van der Waals surface area contributed by atoms with E-state index in [-0.39, 0.29) is 133 Å². The molecule has 2 aromatic heterocycles. The van der Waals surface area contributed by atoms with Crippen molar-refractivity contribution < 1.29 is 84.3 Å². The number of halogens is 1. The SMILES string of the molecule is CC(=O)Nc1cc(NN(C)c2cc(SCCCS(=O)(=O)O)c(N=Nc3cc(OCCCS(=O)(=O)O)c(N=Nc4c(C)c(C#N)c5nc6cc(S(=O)(=O)O)ccc6n5c4O)cc3C)cc2NC(C)=O)c(SCCCS(=O)(=O)O)cc1NC#Cc1ccc(Cl)c(S(=O)(=O)O)c1. The number of carbonyl (C=O) groups excluding carboxylic acids is 2. The fraction of sp³-hybridized carbons (Fsp3) is 0.259. The quantitative estimate of drug-likeness (QED) is 0.00435. The summed E-state index contributed by atoms with van der Waals surface area (Å²) in [6, 6.07) is 20.5. The van der Waals surface area contributed by atoms with E-state index in [2.05, 4.69) is 58.8 Å². The summed E-state index contributed by atoms with van der Waals surface area (Å²) >= 11 is 8.16. The number of nitrogens with zero attached hydrogens (tertiary/aromatic N) is 8. The van der Waals surface area contributed by atoms with Gasteiger partial charge in [-0.1, -0.05) is 11.6 Å². The number of hydrogen-bond acceptors (Lipinski definition) is 25. The Hall–Kier alpha value is -8.22. The lowest BCUT2D eigenvalue weighted by Gasteiger charge is -2.27. The van der Waals surface area contributed by atoms with Gasteiger partial charge in [-0.05, 0) is 123 Å². The van der Waals surface area contributed by atoms with Crippen LogP contribution in [-0.2, 0) is 60.2 Å². The molecule has 0 saturated carbocycles. The average Bonchev–Trinajstić information content (AvgIpc) is 1.61. The number of ether oxygens (including phenoxy) is 1. The second-order valence-electron chi connectivity index (χ2n) is 19.9. The lowest BCUT2D eigenvalue weighted by molar-refractivity contribution is -0.115. The van der Waals surface area contributed by atoms with Gasteiger partial charge in [0.2, 0.25) is 17.7 Å². The van der Waals surface area contributed by atoms with E-state index in [9.17, 15) is 84.8 Å². The Morgan fingerprint density at radius 3 is 1.92 bits per heavy atom. The van der Waals surface area contributed by atoms with Gasteiger partial charge >= 0.3 is 0 Å². The fourth-order valence-electron chi connectivity index (χ4n) is 8.55. The van der Waals surface area contributed by atoms with Gasteiger partial charge in [-0.25, -0.2) is 4.98 Å². The number of amides is 2. The molecule has 7 aromatic rings. The molecule has 0 aliphatic rings. The van der Waals surface area contributed by atoms with Crippen molar-refractivity contribution in [1.29, 1.82) is 5.26 Å². The molecule has 0 radical (unpaired) electrons. The van der Waals surface area contributed by atoms with E-state index in [4.69, 9.17) is 16.3 Å². The molecule has 39 heteroatoms. The molecule has 0 fully saturated rings. The number of benzene rings is 5. The minimum absolute atomic E-state index is 0.0140. The Morgan fingerprint density at radius 1 is 0.699 bits per heavy atom. The summed E-state index contributed by atoms with van der Waals surface area (Å²) in [6.45, 7) is 5.15. The van der Waals surface area contributed by atoms with Crippen LogP contribution in [0.15, 0.2) is 113 Å². The maximum absolute atomic E-state index is 13.0. The summed E-state index contributed by atoms with van der Waals surface area (Å²) in [6.07, 6.45) is -0.320. The van der Waals surface area contributed by atoms with E-state index in [1.165, 1.54) is 81.4 Å². The van der Waals surface area contributed by atoms with Gasteiger partial charge in [0.1, 0.15) is 33.7 Å². The third kappa shape index (κ3) is 19.9. The van der Waals surface area contributed by atoms with Crippen LogP contribution in [0.5, 0.6) is 11.6 Å². The van der Waals surface area contributed by atoms with Crippen molar-refractivity contribution in [2.75, 3.05) is 68.8 Å². The summed E-state index contributed by atoms with van der Waals surface area (Å²) in [5.41, 5.74) is 4.49. The van der Waals surface area contributed by atoms with Crippen LogP contribution in [0.25, 0.3) is 16.7 Å². The smallest absolute Gasteiger partial charge is 0.296 e. The van der Waals surface area contributed by atoms with E-state index in [1.54, 1.807) is 13.0 Å². The number of nitriles is 1. The number of anilines is 5. The van der Waals surface area contributed by atoms with E-state index in [1.807, 2.05) is 6.07 Å². The number of aryl methyl sites for hydroxylation is 1. The number of rotatable bonds is 27. The minimum Gasteiger partial charge on any atom is -0.493 e. The number of hydrazine groups is 1. The Morgan fingerprint density at radius 2 is 1.31 bits per heavy atom. The highest BCUT2D eigenvalue weighted by molar-refractivity contribution is 7.99. The van der Waals surface area contributed by atoms with Gasteiger partial charge in [0.25, 0.3) is 50.6 Å². The van der Waals surface area contributed by atoms with Gasteiger partial charge in [-0.15, -0.1) is 38.9 Å². The summed E-state index contributed by atoms with van der Waals surface area (Å²) in [7, 11) is -21.1. The van der Waals surface area contributed by atoms with Crippen molar-refractivity contribution in [2.45, 2.75) is 66.5 Å². The predicted octanol–water partition coefficient (Wildman–Crippen LogP) is 9.86. The van der Waals surface area contributed by atoms with Gasteiger partial charge < -0.3 is 25.8 Å². The first-order chi connectivity index (χ1) is 43.4. The number of nitrogens with one attached hydrogen (secondary N) is 4. The first-order valence-corrected chi connectivity index (χ1v) is 36.7. The van der Waals surface area contributed by atoms with Gasteiger partial charge in [-0.2, -0.15) is 52.5 Å². The van der Waals surface area contributed by atoms with Gasteiger partial charge in [0, 0.05) is 53.9 Å². The molecule has 2 amide bonds. The van der Waals surface area contributed by atoms with Crippen LogP contribution in [0.4, 0.5) is 51.2 Å². The zero-order valence-electron chi connectivity index (χ0n) is 49.1. The van der Waals surface area contributed by atoms with Crippen molar-refractivity contribution in [2.24, 2.45) is 20.5 Å². The maximum atomic E-state index is 13.0. The molecule has 31 nitrogen and oxygen atoms in total. The fourth-order valence-corrected chi connectivity index (χ4v) is 13.8. The normalized spacial score (nSPS) is 12.2. The first kappa shape index (κ1) is 72.2. The number of hydrogen-bond donors (Lipinski definition) is 10. The average molecular weight is 1440 g/mol. The van der Waals surface area contributed by atoms with Gasteiger partial charge in [0.05, 0.1) is 78.9 Å². The number of azo groups is 2. The predicted molar refractivity (Wildman–Crippen MR) is 348 cm³/mol. The number of pyridine rings is 1. The summed E-state index contributed by atoms with van der Waals surface area (Å²) in [5, 5.41) is 49.1. The lowest BCUT2D eigenvalue weighted by atomic mass is 10.1. The van der Waals surface area contributed by atoms with Crippen LogP contribution >= 0.6 is 35.1 Å². The number of aromatic nitrogens is 2. The van der Waals surface area contributed by atoms with Gasteiger partial charge in [-0.3, -0.25) is 47.2 Å². The first-order valence-electron chi connectivity index (χ1n) is 26.6. The monoisotopic (exact) mass is 1430 g/mol. The molecule has 93 heavy (non-hydrogen) atoms. The zero-order valence-corrected chi connectivity index (χ0v) is 55.6. The van der Waals surface area contributed by atoms with Crippen LogP contribution in [0.2, 0.25) is 5.02 Å². The van der Waals surface area contributed by atoms with Crippen LogP contribution in [0.3, 0.4) is 0 Å².